The fraction of sp³-hybridized carbons (Fsp3) is 0.333. The van der Waals surface area contributed by atoms with E-state index >= 15 is 0 Å². The predicted molar refractivity (Wildman–Crippen MR) is 75.8 cm³/mol. The van der Waals surface area contributed by atoms with Gasteiger partial charge in [0, 0.05) is 19.7 Å². The van der Waals surface area contributed by atoms with E-state index in [0.29, 0.717) is 11.3 Å². The average molecular weight is 274 g/mol. The summed E-state index contributed by atoms with van der Waals surface area (Å²) in [5.74, 6) is -0.978. The van der Waals surface area contributed by atoms with Crippen molar-refractivity contribution in [1.29, 1.82) is 0 Å². The minimum Gasteiger partial charge on any atom is -0.477 e. The van der Waals surface area contributed by atoms with Crippen molar-refractivity contribution < 1.29 is 14.6 Å². The lowest BCUT2D eigenvalue weighted by molar-refractivity contribution is 0.0686. The van der Waals surface area contributed by atoms with Crippen molar-refractivity contribution in [2.24, 2.45) is 7.05 Å². The number of aryl methyl sites for hydroxylation is 2. The van der Waals surface area contributed by atoms with Crippen molar-refractivity contribution in [3.05, 3.63) is 41.2 Å². The largest absolute Gasteiger partial charge is 0.477 e. The molecule has 5 nitrogen and oxygen atoms in total. The molecular formula is C15H18N2O3. The first-order valence-corrected chi connectivity index (χ1v) is 6.35. The zero-order chi connectivity index (χ0) is 14.9. The van der Waals surface area contributed by atoms with Crippen molar-refractivity contribution in [2.45, 2.75) is 20.0 Å². The van der Waals surface area contributed by atoms with E-state index in [1.807, 2.05) is 38.1 Å². The van der Waals surface area contributed by atoms with E-state index in [-0.39, 0.29) is 11.8 Å². The Morgan fingerprint density at radius 3 is 2.75 bits per heavy atom. The van der Waals surface area contributed by atoms with E-state index in [1.165, 1.54) is 4.68 Å². The standard InChI is InChI=1S/C15H18N2O3/c1-9-13(14(15(18)19)17(3)16-9)12-7-5-6-11(8-12)10(2)20-4/h5-8,10H,1-4H3,(H,18,19). The molecule has 1 atom stereocenters. The quantitative estimate of drug-likeness (QED) is 0.931. The van der Waals surface area contributed by atoms with Crippen LogP contribution < -0.4 is 0 Å². The van der Waals surface area contributed by atoms with E-state index in [0.717, 1.165) is 11.1 Å². The maximum absolute atomic E-state index is 11.4. The van der Waals surface area contributed by atoms with Crippen LogP contribution in [0.1, 0.15) is 34.8 Å². The Morgan fingerprint density at radius 2 is 2.15 bits per heavy atom. The van der Waals surface area contributed by atoms with Crippen LogP contribution in [-0.4, -0.2) is 28.0 Å². The smallest absolute Gasteiger partial charge is 0.354 e. The van der Waals surface area contributed by atoms with Crippen molar-refractivity contribution in [2.75, 3.05) is 7.11 Å². The molecule has 0 saturated heterocycles. The molecule has 0 fully saturated rings. The normalized spacial score (nSPS) is 12.4. The SMILES string of the molecule is COC(C)c1cccc(-c2c(C)nn(C)c2C(=O)O)c1. The zero-order valence-electron chi connectivity index (χ0n) is 12.0. The number of carboxylic acids is 1. The van der Waals surface area contributed by atoms with Gasteiger partial charge in [-0.05, 0) is 31.0 Å². The lowest BCUT2D eigenvalue weighted by Gasteiger charge is -2.11. The molecule has 0 amide bonds. The number of aromatic carboxylic acids is 1. The highest BCUT2D eigenvalue weighted by Crippen LogP contribution is 2.29. The number of carboxylic acid groups (broad SMARTS) is 1. The number of benzene rings is 1. The summed E-state index contributed by atoms with van der Waals surface area (Å²) in [5.41, 5.74) is 3.40. The Morgan fingerprint density at radius 1 is 1.45 bits per heavy atom. The van der Waals surface area contributed by atoms with Crippen LogP contribution in [-0.2, 0) is 11.8 Å². The van der Waals surface area contributed by atoms with Crippen molar-refractivity contribution >= 4 is 5.97 Å². The first kappa shape index (κ1) is 14.3. The van der Waals surface area contributed by atoms with Gasteiger partial charge in [-0.15, -0.1) is 0 Å². The third-order valence-electron chi connectivity index (χ3n) is 3.42. The third-order valence-corrected chi connectivity index (χ3v) is 3.42. The highest BCUT2D eigenvalue weighted by atomic mass is 16.5. The number of hydrogen-bond donors (Lipinski definition) is 1. The Balaban J connectivity index is 2.60. The van der Waals surface area contributed by atoms with Gasteiger partial charge in [0.1, 0.15) is 0 Å². The van der Waals surface area contributed by atoms with E-state index in [2.05, 4.69) is 5.10 Å². The number of ether oxygens (including phenoxy) is 1. The first-order chi connectivity index (χ1) is 9.45. The fourth-order valence-corrected chi connectivity index (χ4v) is 2.33. The summed E-state index contributed by atoms with van der Waals surface area (Å²) in [6.45, 7) is 3.77. The molecule has 106 valence electrons. The molecule has 0 aliphatic carbocycles. The Labute approximate surface area is 117 Å². The maximum Gasteiger partial charge on any atom is 0.354 e. The number of nitrogens with zero attached hydrogens (tertiary/aromatic N) is 2. The molecule has 1 aromatic carbocycles. The van der Waals surface area contributed by atoms with Crippen LogP contribution in [0.25, 0.3) is 11.1 Å². The van der Waals surface area contributed by atoms with Crippen molar-refractivity contribution in [3.8, 4) is 11.1 Å². The summed E-state index contributed by atoms with van der Waals surface area (Å²) < 4.78 is 6.71. The third kappa shape index (κ3) is 2.44. The topological polar surface area (TPSA) is 64.4 Å². The maximum atomic E-state index is 11.4. The molecule has 20 heavy (non-hydrogen) atoms. The fourth-order valence-electron chi connectivity index (χ4n) is 2.33. The molecule has 2 aromatic rings. The number of methoxy groups -OCH3 is 1. The number of hydrogen-bond acceptors (Lipinski definition) is 3. The lowest BCUT2D eigenvalue weighted by Crippen LogP contribution is -2.06. The molecule has 1 aromatic heterocycles. The number of aromatic nitrogens is 2. The molecule has 5 heteroatoms. The van der Waals surface area contributed by atoms with Crippen LogP contribution in [0, 0.1) is 6.92 Å². The molecular weight excluding hydrogens is 256 g/mol. The van der Waals surface area contributed by atoms with Crippen LogP contribution in [0.3, 0.4) is 0 Å². The molecule has 2 rings (SSSR count). The van der Waals surface area contributed by atoms with Crippen LogP contribution in [0.5, 0.6) is 0 Å². The van der Waals surface area contributed by atoms with Gasteiger partial charge in [0.2, 0.25) is 0 Å². The number of rotatable bonds is 4. The molecule has 0 bridgehead atoms. The lowest BCUT2D eigenvalue weighted by atomic mass is 9.99. The van der Waals surface area contributed by atoms with Gasteiger partial charge in [0.05, 0.1) is 11.8 Å². The highest BCUT2D eigenvalue weighted by molar-refractivity contribution is 5.95. The second-order valence-corrected chi connectivity index (χ2v) is 4.74. The van der Waals surface area contributed by atoms with Gasteiger partial charge in [-0.2, -0.15) is 5.10 Å². The second kappa shape index (κ2) is 5.46. The van der Waals surface area contributed by atoms with E-state index < -0.39 is 5.97 Å². The van der Waals surface area contributed by atoms with E-state index in [9.17, 15) is 9.90 Å². The van der Waals surface area contributed by atoms with Crippen LogP contribution in [0.4, 0.5) is 0 Å². The minimum absolute atomic E-state index is 0.0415. The molecule has 0 radical (unpaired) electrons. The van der Waals surface area contributed by atoms with Gasteiger partial charge in [-0.25, -0.2) is 4.79 Å². The molecule has 0 saturated carbocycles. The average Bonchev–Trinajstić information content (AvgIpc) is 2.72. The summed E-state index contributed by atoms with van der Waals surface area (Å²) >= 11 is 0. The molecule has 1 heterocycles. The predicted octanol–water partition coefficient (Wildman–Crippen LogP) is 2.80. The second-order valence-electron chi connectivity index (χ2n) is 4.74. The molecule has 1 unspecified atom stereocenters. The summed E-state index contributed by atoms with van der Waals surface area (Å²) in [4.78, 5) is 11.4. The highest BCUT2D eigenvalue weighted by Gasteiger charge is 2.21. The van der Waals surface area contributed by atoms with E-state index in [1.54, 1.807) is 14.2 Å². The van der Waals surface area contributed by atoms with Gasteiger partial charge < -0.3 is 9.84 Å². The van der Waals surface area contributed by atoms with Gasteiger partial charge in [-0.1, -0.05) is 18.2 Å². The van der Waals surface area contributed by atoms with Crippen LogP contribution in [0.2, 0.25) is 0 Å². The summed E-state index contributed by atoms with van der Waals surface area (Å²) in [7, 11) is 3.29. The monoisotopic (exact) mass is 274 g/mol. The molecule has 0 aliphatic rings. The summed E-state index contributed by atoms with van der Waals surface area (Å²) in [6, 6.07) is 7.70. The van der Waals surface area contributed by atoms with Crippen LogP contribution >= 0.6 is 0 Å². The van der Waals surface area contributed by atoms with Gasteiger partial charge in [-0.3, -0.25) is 4.68 Å². The van der Waals surface area contributed by atoms with Crippen molar-refractivity contribution in [3.63, 3.8) is 0 Å². The molecule has 1 N–H and O–H groups in total. The number of carbonyl (C=O) groups is 1. The van der Waals surface area contributed by atoms with Crippen molar-refractivity contribution in [1.82, 2.24) is 9.78 Å². The van der Waals surface area contributed by atoms with Gasteiger partial charge >= 0.3 is 5.97 Å². The molecule has 0 spiro atoms. The first-order valence-electron chi connectivity index (χ1n) is 6.35. The Kier molecular flexibility index (Phi) is 3.90. The van der Waals surface area contributed by atoms with E-state index in [4.69, 9.17) is 4.74 Å². The van der Waals surface area contributed by atoms with Crippen LogP contribution in [0.15, 0.2) is 24.3 Å². The zero-order valence-corrected chi connectivity index (χ0v) is 12.0. The summed E-state index contributed by atoms with van der Waals surface area (Å²) in [6.07, 6.45) is -0.0415. The molecule has 0 aliphatic heterocycles. The summed E-state index contributed by atoms with van der Waals surface area (Å²) in [5, 5.41) is 13.6. The van der Waals surface area contributed by atoms with Gasteiger partial charge in [0.15, 0.2) is 5.69 Å². The van der Waals surface area contributed by atoms with Gasteiger partial charge in [0.25, 0.3) is 0 Å². The Bertz CT molecular complexity index is 647. The minimum atomic E-state index is -0.978. The Hall–Kier alpha value is -2.14.